The van der Waals surface area contributed by atoms with Crippen molar-refractivity contribution >= 4 is 45.9 Å². The van der Waals surface area contributed by atoms with Gasteiger partial charge in [0.2, 0.25) is 0 Å². The minimum absolute atomic E-state index is 0.164. The van der Waals surface area contributed by atoms with Crippen LogP contribution >= 0.6 is 27.5 Å². The maximum Gasteiger partial charge on any atom is 0.192 e. The molecule has 3 aromatic rings. The van der Waals surface area contributed by atoms with E-state index in [1.165, 1.54) is 11.5 Å². The van der Waals surface area contributed by atoms with Gasteiger partial charge in [0.25, 0.3) is 0 Å². The van der Waals surface area contributed by atoms with Crippen LogP contribution in [0.25, 0.3) is 21.3 Å². The molecule has 35 heavy (non-hydrogen) atoms. The number of ether oxygens (including phenoxy) is 1. The quantitative estimate of drug-likeness (QED) is 0.0939. The molecule has 0 aliphatic rings. The summed E-state index contributed by atoms with van der Waals surface area (Å²) in [7, 11) is -1.81. The van der Waals surface area contributed by atoms with Crippen LogP contribution in [0.5, 0.6) is 5.75 Å². The fourth-order valence-corrected chi connectivity index (χ4v) is 5.75. The number of hydrogen-bond donors (Lipinski definition) is 0. The van der Waals surface area contributed by atoms with E-state index in [0.29, 0.717) is 32.8 Å². The molecule has 192 valence electrons. The van der Waals surface area contributed by atoms with E-state index in [1.807, 2.05) is 25.1 Å². The van der Waals surface area contributed by atoms with Crippen molar-refractivity contribution in [2.24, 2.45) is 0 Å². The highest BCUT2D eigenvalue weighted by molar-refractivity contribution is 9.10. The summed E-state index contributed by atoms with van der Waals surface area (Å²) in [5, 5.41) is 14.5. The Kier molecular flexibility index (Phi) is 9.56. The molecule has 0 bridgehead atoms. The van der Waals surface area contributed by atoms with Gasteiger partial charge in [-0.05, 0) is 73.3 Å². The fraction of sp³-hybridized carbons (Fsp3) is 0.519. The third-order valence-electron chi connectivity index (χ3n) is 7.13. The van der Waals surface area contributed by atoms with Crippen molar-refractivity contribution in [1.82, 2.24) is 4.37 Å². The predicted molar refractivity (Wildman–Crippen MR) is 155 cm³/mol. The summed E-state index contributed by atoms with van der Waals surface area (Å²) < 4.78 is 18.9. The number of aromatic nitrogens is 1. The van der Waals surface area contributed by atoms with Crippen molar-refractivity contribution in [3.8, 4) is 17.0 Å². The number of rotatable bonds is 12. The first-order chi connectivity index (χ1) is 16.4. The van der Waals surface area contributed by atoms with Crippen LogP contribution in [0.4, 0.5) is 0 Å². The van der Waals surface area contributed by atoms with Crippen LogP contribution in [0, 0.1) is 5.21 Å². The minimum Gasteiger partial charge on any atom is -0.633 e. The first kappa shape index (κ1) is 28.3. The molecule has 0 saturated carbocycles. The Morgan fingerprint density at radius 2 is 1.74 bits per heavy atom. The second kappa shape index (κ2) is 11.8. The van der Waals surface area contributed by atoms with Crippen molar-refractivity contribution in [3.63, 3.8) is 0 Å². The fourth-order valence-electron chi connectivity index (χ4n) is 3.63. The van der Waals surface area contributed by atoms with Crippen molar-refractivity contribution < 1.29 is 13.8 Å². The van der Waals surface area contributed by atoms with E-state index in [9.17, 15) is 5.21 Å². The zero-order chi connectivity index (χ0) is 25.7. The van der Waals surface area contributed by atoms with E-state index >= 15 is 0 Å². The monoisotopic (exact) mass is 578 g/mol. The number of unbranched alkanes of at least 4 members (excludes halogenated alkanes) is 1. The number of fused-ring (bicyclic) bond motifs is 1. The molecule has 0 spiro atoms. The lowest BCUT2D eigenvalue weighted by Crippen LogP contribution is -2.48. The highest BCUT2D eigenvalue weighted by Crippen LogP contribution is 2.36. The molecule has 8 heteroatoms. The van der Waals surface area contributed by atoms with E-state index < -0.39 is 8.32 Å². The Bertz CT molecular complexity index is 1100. The number of benzene rings is 2. The van der Waals surface area contributed by atoms with Crippen LogP contribution in [0.3, 0.4) is 0 Å². The molecule has 0 aliphatic carbocycles. The van der Waals surface area contributed by atoms with Gasteiger partial charge < -0.3 is 19.0 Å². The smallest absolute Gasteiger partial charge is 0.192 e. The van der Waals surface area contributed by atoms with E-state index in [4.69, 9.17) is 9.16 Å². The van der Waals surface area contributed by atoms with Gasteiger partial charge in [0, 0.05) is 21.8 Å². The second-order valence-electron chi connectivity index (χ2n) is 10.7. The number of likely N-dealkylation sites (N-methyl/N-ethyl adjacent to an activating group) is 1. The van der Waals surface area contributed by atoms with Gasteiger partial charge >= 0.3 is 0 Å². The molecule has 3 rings (SSSR count). The first-order valence-electron chi connectivity index (χ1n) is 12.4. The average molecular weight is 580 g/mol. The minimum atomic E-state index is -1.81. The largest absolute Gasteiger partial charge is 0.633 e. The van der Waals surface area contributed by atoms with Crippen LogP contribution in [-0.4, -0.2) is 50.2 Å². The van der Waals surface area contributed by atoms with Gasteiger partial charge in [0.1, 0.15) is 12.3 Å². The Hall–Kier alpha value is -1.29. The lowest BCUT2D eigenvalue weighted by Gasteiger charge is -2.43. The molecular formula is C27H39BrN2O3SSi. The van der Waals surface area contributed by atoms with E-state index in [0.717, 1.165) is 44.4 Å². The molecule has 0 aliphatic heterocycles. The molecule has 0 radical (unpaired) electrons. The molecular weight excluding hydrogens is 540 g/mol. The lowest BCUT2D eigenvalue weighted by molar-refractivity contribution is -0.879. The van der Waals surface area contributed by atoms with Gasteiger partial charge in [-0.25, -0.2) is 0 Å². The zero-order valence-electron chi connectivity index (χ0n) is 21.9. The van der Waals surface area contributed by atoms with Gasteiger partial charge in [0.15, 0.2) is 8.32 Å². The Morgan fingerprint density at radius 3 is 2.40 bits per heavy atom. The molecule has 1 atom stereocenters. The molecule has 0 N–H and O–H groups in total. The zero-order valence-corrected chi connectivity index (χ0v) is 25.3. The number of halogens is 1. The third kappa shape index (κ3) is 7.60. The van der Waals surface area contributed by atoms with Crippen LogP contribution in [0.15, 0.2) is 46.9 Å². The van der Waals surface area contributed by atoms with Crippen LogP contribution in [0.1, 0.15) is 40.5 Å². The molecule has 0 amide bonds. The molecule has 0 saturated heterocycles. The highest BCUT2D eigenvalue weighted by Gasteiger charge is 2.37. The summed E-state index contributed by atoms with van der Waals surface area (Å²) in [6.07, 6.45) is 1.70. The number of quaternary nitrogens is 1. The van der Waals surface area contributed by atoms with Crippen molar-refractivity contribution in [2.75, 3.05) is 32.8 Å². The molecule has 1 heterocycles. The summed E-state index contributed by atoms with van der Waals surface area (Å²) in [4.78, 5) is 0. The molecule has 5 nitrogen and oxygen atoms in total. The molecule has 1 aromatic heterocycles. The predicted octanol–water partition coefficient (Wildman–Crippen LogP) is 8.24. The summed E-state index contributed by atoms with van der Waals surface area (Å²) in [6, 6.07) is 14.4. The molecule has 2 aromatic carbocycles. The highest BCUT2D eigenvalue weighted by atomic mass is 79.9. The molecule has 0 fully saturated rings. The summed E-state index contributed by atoms with van der Waals surface area (Å²) in [5.74, 6) is 0.852. The number of nitrogens with zero attached hydrogens (tertiary/aromatic N) is 2. The maximum atomic E-state index is 13.1. The topological polar surface area (TPSA) is 54.4 Å². The van der Waals surface area contributed by atoms with Gasteiger partial charge in [-0.1, -0.05) is 48.8 Å². The van der Waals surface area contributed by atoms with Gasteiger partial charge in [-0.2, -0.15) is 4.37 Å². The van der Waals surface area contributed by atoms with E-state index in [-0.39, 0.29) is 9.68 Å². The standard InChI is InChI=1S/C27H39BrN2O3SSi/c1-7-30(31,17-19-33-35(5,6)27(2,3)4)16-8-9-18-32-23-14-15-24-25(20-23)34-29-26(24)21-10-12-22(28)13-11-21/h10-15,20H,7-9,16-19H2,1-6H3. The Labute approximate surface area is 224 Å². The third-order valence-corrected chi connectivity index (χ3v) is 13.0. The summed E-state index contributed by atoms with van der Waals surface area (Å²) >= 11 is 4.98. The SMILES string of the molecule is CC[N+]([O-])(CCCCOc1ccc2c(-c3ccc(Br)cc3)nsc2c1)CCO[Si](C)(C)C(C)(C)C. The second-order valence-corrected chi connectivity index (χ2v) is 17.2. The number of hydrogen-bond acceptors (Lipinski definition) is 5. The van der Waals surface area contributed by atoms with Crippen molar-refractivity contribution in [2.45, 2.75) is 58.7 Å². The maximum absolute atomic E-state index is 13.1. The van der Waals surface area contributed by atoms with Crippen molar-refractivity contribution in [3.05, 3.63) is 52.1 Å². The van der Waals surface area contributed by atoms with Gasteiger partial charge in [0.05, 0.1) is 36.7 Å². The average Bonchev–Trinajstić information content (AvgIpc) is 3.22. The van der Waals surface area contributed by atoms with Gasteiger partial charge in [-0.3, -0.25) is 0 Å². The Balaban J connectivity index is 1.46. The van der Waals surface area contributed by atoms with Gasteiger partial charge in [-0.15, -0.1) is 0 Å². The van der Waals surface area contributed by atoms with Crippen molar-refractivity contribution in [1.29, 1.82) is 0 Å². The molecule has 1 unspecified atom stereocenters. The van der Waals surface area contributed by atoms with E-state index in [1.54, 1.807) is 0 Å². The van der Waals surface area contributed by atoms with Crippen LogP contribution < -0.4 is 4.74 Å². The lowest BCUT2D eigenvalue weighted by atomic mass is 10.1. The summed E-state index contributed by atoms with van der Waals surface area (Å²) in [5.41, 5.74) is 2.11. The first-order valence-corrected chi connectivity index (χ1v) is 16.9. The van der Waals surface area contributed by atoms with Crippen LogP contribution in [0.2, 0.25) is 18.1 Å². The summed E-state index contributed by atoms with van der Waals surface area (Å²) in [6.45, 7) is 16.0. The van der Waals surface area contributed by atoms with Crippen LogP contribution in [-0.2, 0) is 4.43 Å². The number of hydroxylamine groups is 3. The normalized spacial score (nSPS) is 14.3. The Morgan fingerprint density at radius 1 is 1.03 bits per heavy atom. The van der Waals surface area contributed by atoms with E-state index in [2.05, 4.69) is 78.4 Å².